The Morgan fingerprint density at radius 1 is 1.08 bits per heavy atom. The minimum Gasteiger partial charge on any atom is -0.326 e. The van der Waals surface area contributed by atoms with E-state index in [4.69, 9.17) is 34.8 Å². The Morgan fingerprint density at radius 3 is 2.42 bits per heavy atom. The summed E-state index contributed by atoms with van der Waals surface area (Å²) in [5, 5.41) is 4.98. The fourth-order valence-electron chi connectivity index (χ4n) is 3.21. The van der Waals surface area contributed by atoms with Crippen molar-refractivity contribution >= 4 is 46.4 Å². The van der Waals surface area contributed by atoms with E-state index in [0.717, 1.165) is 49.3 Å². The average Bonchev–Trinajstić information content (AvgIpc) is 2.61. The van der Waals surface area contributed by atoms with E-state index >= 15 is 0 Å². The first-order valence-corrected chi connectivity index (χ1v) is 9.79. The molecule has 1 heterocycles. The second-order valence-electron chi connectivity index (χ2n) is 6.73. The van der Waals surface area contributed by atoms with Gasteiger partial charge in [-0.2, -0.15) is 0 Å². The molecule has 6 heteroatoms. The Bertz CT molecular complexity index is 802. The molecule has 0 bridgehead atoms. The lowest BCUT2D eigenvalue weighted by Gasteiger charge is -2.31. The zero-order chi connectivity index (χ0) is 18.7. The SMILES string of the molecule is Cc1ccc(Cl)cc1NC(=O)C1CCN(Cc2ccc(Cl)cc2Cl)CC1. The summed E-state index contributed by atoms with van der Waals surface area (Å²) in [5.74, 6) is 0.0878. The van der Waals surface area contributed by atoms with Crippen molar-refractivity contribution in [2.45, 2.75) is 26.3 Å². The van der Waals surface area contributed by atoms with E-state index in [9.17, 15) is 4.79 Å². The minimum atomic E-state index is 0.0188. The van der Waals surface area contributed by atoms with Gasteiger partial charge in [0.1, 0.15) is 0 Å². The highest BCUT2D eigenvalue weighted by Crippen LogP contribution is 2.26. The number of piperidine rings is 1. The Hall–Kier alpha value is -1.26. The van der Waals surface area contributed by atoms with Crippen molar-refractivity contribution in [3.8, 4) is 0 Å². The van der Waals surface area contributed by atoms with Crippen LogP contribution >= 0.6 is 34.8 Å². The molecule has 2 aromatic rings. The molecule has 2 aromatic carbocycles. The number of nitrogens with one attached hydrogen (secondary N) is 1. The predicted molar refractivity (Wildman–Crippen MR) is 109 cm³/mol. The van der Waals surface area contributed by atoms with Crippen LogP contribution in [-0.2, 0) is 11.3 Å². The second kappa shape index (κ2) is 8.62. The highest BCUT2D eigenvalue weighted by atomic mass is 35.5. The van der Waals surface area contributed by atoms with Gasteiger partial charge in [0, 0.05) is 33.2 Å². The second-order valence-corrected chi connectivity index (χ2v) is 8.01. The first kappa shape index (κ1) is 19.5. The number of nitrogens with zero attached hydrogens (tertiary/aromatic N) is 1. The number of anilines is 1. The highest BCUT2D eigenvalue weighted by molar-refractivity contribution is 6.35. The monoisotopic (exact) mass is 410 g/mol. The Balaban J connectivity index is 1.54. The van der Waals surface area contributed by atoms with Gasteiger partial charge in [-0.3, -0.25) is 9.69 Å². The lowest BCUT2D eigenvalue weighted by Crippen LogP contribution is -2.37. The molecule has 1 aliphatic heterocycles. The first-order valence-electron chi connectivity index (χ1n) is 8.65. The van der Waals surface area contributed by atoms with Gasteiger partial charge in [0.25, 0.3) is 0 Å². The highest BCUT2D eigenvalue weighted by Gasteiger charge is 2.25. The number of aryl methyl sites for hydroxylation is 1. The summed E-state index contributed by atoms with van der Waals surface area (Å²) in [6.07, 6.45) is 1.66. The van der Waals surface area contributed by atoms with Crippen molar-refractivity contribution in [2.24, 2.45) is 5.92 Å². The molecule has 0 radical (unpaired) electrons. The van der Waals surface area contributed by atoms with E-state index in [-0.39, 0.29) is 11.8 Å². The van der Waals surface area contributed by atoms with Crippen molar-refractivity contribution in [1.82, 2.24) is 4.90 Å². The molecule has 0 saturated carbocycles. The Morgan fingerprint density at radius 2 is 1.73 bits per heavy atom. The molecular weight excluding hydrogens is 391 g/mol. The van der Waals surface area contributed by atoms with Gasteiger partial charge < -0.3 is 5.32 Å². The van der Waals surface area contributed by atoms with Gasteiger partial charge in [-0.15, -0.1) is 0 Å². The van der Waals surface area contributed by atoms with Crippen LogP contribution in [-0.4, -0.2) is 23.9 Å². The van der Waals surface area contributed by atoms with Crippen LogP contribution in [0.1, 0.15) is 24.0 Å². The summed E-state index contributed by atoms with van der Waals surface area (Å²) in [5.41, 5.74) is 2.86. The van der Waals surface area contributed by atoms with E-state index in [2.05, 4.69) is 10.2 Å². The largest absolute Gasteiger partial charge is 0.326 e. The maximum atomic E-state index is 12.6. The maximum Gasteiger partial charge on any atom is 0.227 e. The molecule has 1 N–H and O–H groups in total. The van der Waals surface area contributed by atoms with E-state index in [0.29, 0.717) is 15.1 Å². The molecule has 0 unspecified atom stereocenters. The van der Waals surface area contributed by atoms with E-state index in [1.165, 1.54) is 0 Å². The number of carbonyl (C=O) groups is 1. The summed E-state index contributed by atoms with van der Waals surface area (Å²) in [7, 11) is 0. The summed E-state index contributed by atoms with van der Waals surface area (Å²) in [6.45, 7) is 4.47. The number of likely N-dealkylation sites (tertiary alicyclic amines) is 1. The Kier molecular flexibility index (Phi) is 6.46. The standard InChI is InChI=1S/C20H21Cl3N2O/c1-13-2-4-17(22)11-19(13)24-20(26)14-6-8-25(9-7-14)12-15-3-5-16(21)10-18(15)23/h2-5,10-11,14H,6-9,12H2,1H3,(H,24,26). The van der Waals surface area contributed by atoms with Crippen LogP contribution in [0, 0.1) is 12.8 Å². The summed E-state index contributed by atoms with van der Waals surface area (Å²) >= 11 is 18.2. The number of hydrogen-bond acceptors (Lipinski definition) is 2. The van der Waals surface area contributed by atoms with Crippen LogP contribution in [0.2, 0.25) is 15.1 Å². The normalized spacial score (nSPS) is 15.8. The molecule has 0 atom stereocenters. The third kappa shape index (κ3) is 4.92. The molecule has 1 amide bonds. The topological polar surface area (TPSA) is 32.3 Å². The molecule has 0 aliphatic carbocycles. The van der Waals surface area contributed by atoms with Crippen LogP contribution < -0.4 is 5.32 Å². The molecule has 26 heavy (non-hydrogen) atoms. The van der Waals surface area contributed by atoms with Crippen molar-refractivity contribution < 1.29 is 4.79 Å². The summed E-state index contributed by atoms with van der Waals surface area (Å²) in [6, 6.07) is 11.1. The van der Waals surface area contributed by atoms with Crippen LogP contribution in [0.3, 0.4) is 0 Å². The van der Waals surface area contributed by atoms with Crippen LogP contribution in [0.5, 0.6) is 0 Å². The first-order chi connectivity index (χ1) is 12.4. The lowest BCUT2D eigenvalue weighted by molar-refractivity contribution is -0.121. The van der Waals surface area contributed by atoms with Gasteiger partial charge in [0.2, 0.25) is 5.91 Å². The molecule has 1 fully saturated rings. The predicted octanol–water partition coefficient (Wildman–Crippen LogP) is 5.81. The fourth-order valence-corrected chi connectivity index (χ4v) is 3.85. The number of amides is 1. The molecule has 0 aromatic heterocycles. The van der Waals surface area contributed by atoms with Crippen molar-refractivity contribution in [1.29, 1.82) is 0 Å². The zero-order valence-electron chi connectivity index (χ0n) is 14.6. The molecule has 0 spiro atoms. The molecule has 138 valence electrons. The molecule has 3 rings (SSSR count). The number of rotatable bonds is 4. The van der Waals surface area contributed by atoms with E-state index < -0.39 is 0 Å². The van der Waals surface area contributed by atoms with Gasteiger partial charge in [-0.05, 0) is 68.2 Å². The summed E-state index contributed by atoms with van der Waals surface area (Å²) < 4.78 is 0. The summed E-state index contributed by atoms with van der Waals surface area (Å²) in [4.78, 5) is 14.9. The van der Waals surface area contributed by atoms with Gasteiger partial charge in [0.15, 0.2) is 0 Å². The van der Waals surface area contributed by atoms with Crippen molar-refractivity contribution in [3.63, 3.8) is 0 Å². The van der Waals surface area contributed by atoms with Gasteiger partial charge in [-0.1, -0.05) is 46.9 Å². The Labute approximate surface area is 169 Å². The van der Waals surface area contributed by atoms with Crippen LogP contribution in [0.15, 0.2) is 36.4 Å². The number of carbonyl (C=O) groups excluding carboxylic acids is 1. The number of hydrogen-bond donors (Lipinski definition) is 1. The molecular formula is C20H21Cl3N2O. The third-order valence-corrected chi connectivity index (χ3v) is 5.65. The van der Waals surface area contributed by atoms with E-state index in [1.807, 2.05) is 31.2 Å². The quantitative estimate of drug-likeness (QED) is 0.689. The smallest absolute Gasteiger partial charge is 0.227 e. The number of halogens is 3. The van der Waals surface area contributed by atoms with Crippen LogP contribution in [0.25, 0.3) is 0 Å². The van der Waals surface area contributed by atoms with Gasteiger partial charge >= 0.3 is 0 Å². The van der Waals surface area contributed by atoms with Crippen molar-refractivity contribution in [3.05, 3.63) is 62.6 Å². The van der Waals surface area contributed by atoms with E-state index in [1.54, 1.807) is 12.1 Å². The molecule has 1 aliphatic rings. The zero-order valence-corrected chi connectivity index (χ0v) is 16.8. The minimum absolute atomic E-state index is 0.0188. The lowest BCUT2D eigenvalue weighted by atomic mass is 9.95. The third-order valence-electron chi connectivity index (χ3n) is 4.82. The van der Waals surface area contributed by atoms with Gasteiger partial charge in [0.05, 0.1) is 0 Å². The molecule has 3 nitrogen and oxygen atoms in total. The van der Waals surface area contributed by atoms with Crippen LogP contribution in [0.4, 0.5) is 5.69 Å². The molecule has 1 saturated heterocycles. The number of benzene rings is 2. The average molecular weight is 412 g/mol. The van der Waals surface area contributed by atoms with Gasteiger partial charge in [-0.25, -0.2) is 0 Å². The maximum absolute atomic E-state index is 12.6. The van der Waals surface area contributed by atoms with Crippen molar-refractivity contribution in [2.75, 3.05) is 18.4 Å². The fraction of sp³-hybridized carbons (Fsp3) is 0.350.